The lowest BCUT2D eigenvalue weighted by atomic mass is 9.91. The number of carbonyl (C=O) groups is 1. The molecule has 6 heteroatoms. The Morgan fingerprint density at radius 2 is 1.66 bits per heavy atom. The largest absolute Gasteiger partial charge is 0.444 e. The summed E-state index contributed by atoms with van der Waals surface area (Å²) in [6, 6.07) is 16.7. The Labute approximate surface area is 173 Å². The van der Waals surface area contributed by atoms with Gasteiger partial charge < -0.3 is 25.6 Å². The van der Waals surface area contributed by atoms with Crippen molar-refractivity contribution in [2.45, 2.75) is 64.7 Å². The summed E-state index contributed by atoms with van der Waals surface area (Å²) in [6.45, 7) is 9.45. The van der Waals surface area contributed by atoms with Gasteiger partial charge in [-0.05, 0) is 45.7 Å². The molecule has 0 aromatic heterocycles. The zero-order chi connectivity index (χ0) is 21.7. The number of ether oxygens (including phenoxy) is 2. The topological polar surface area (TPSA) is 93.8 Å². The number of alkyl carbamates (subject to hydrolysis) is 1. The van der Waals surface area contributed by atoms with Gasteiger partial charge in [0.25, 0.3) is 0 Å². The van der Waals surface area contributed by atoms with Gasteiger partial charge in [-0.2, -0.15) is 0 Å². The number of benzene rings is 2. The summed E-state index contributed by atoms with van der Waals surface area (Å²) in [5.74, 6) is 0. The Morgan fingerprint density at radius 1 is 1.03 bits per heavy atom. The van der Waals surface area contributed by atoms with Gasteiger partial charge in [0.05, 0.1) is 0 Å². The van der Waals surface area contributed by atoms with Crippen LogP contribution >= 0.6 is 0 Å². The number of hydrogen-bond acceptors (Lipinski definition) is 5. The first kappa shape index (κ1) is 22.9. The van der Waals surface area contributed by atoms with Gasteiger partial charge in [-0.15, -0.1) is 0 Å². The number of nitrogens with one attached hydrogen (secondary N) is 1. The van der Waals surface area contributed by atoms with Crippen molar-refractivity contribution in [2.24, 2.45) is 5.73 Å². The first-order valence-electron chi connectivity index (χ1n) is 9.69. The summed E-state index contributed by atoms with van der Waals surface area (Å²) in [5, 5.41) is 13.3. The fraction of sp³-hybridized carbons (Fsp3) is 0.435. The molecule has 158 valence electrons. The molecule has 0 aliphatic carbocycles. The lowest BCUT2D eigenvalue weighted by Crippen LogP contribution is -2.41. The van der Waals surface area contributed by atoms with Gasteiger partial charge >= 0.3 is 6.09 Å². The van der Waals surface area contributed by atoms with Gasteiger partial charge in [-0.3, -0.25) is 0 Å². The number of amides is 1. The van der Waals surface area contributed by atoms with E-state index < -0.39 is 29.6 Å². The number of rotatable bonds is 7. The van der Waals surface area contributed by atoms with E-state index in [1.54, 1.807) is 12.1 Å². The standard InChI is InChI=1S/C23H32N2O4/c1-22(2,3)29-21(27)25-15-16-10-9-13-18(14-16)19(23(4,5)24)28-20(26)17-11-7-6-8-12-17/h6-14,19-20,26H,15,24H2,1-5H3,(H,25,27). The van der Waals surface area contributed by atoms with Gasteiger partial charge in [0.2, 0.25) is 0 Å². The van der Waals surface area contributed by atoms with Crippen molar-refractivity contribution in [3.63, 3.8) is 0 Å². The molecule has 29 heavy (non-hydrogen) atoms. The Bertz CT molecular complexity index is 795. The highest BCUT2D eigenvalue weighted by Gasteiger charge is 2.30. The molecule has 0 aliphatic rings. The van der Waals surface area contributed by atoms with Crippen LogP contribution in [0, 0.1) is 0 Å². The molecular formula is C23H32N2O4. The van der Waals surface area contributed by atoms with Crippen molar-refractivity contribution >= 4 is 6.09 Å². The van der Waals surface area contributed by atoms with E-state index in [0.29, 0.717) is 12.1 Å². The molecule has 2 aromatic carbocycles. The minimum atomic E-state index is -1.10. The SMILES string of the molecule is CC(C)(C)OC(=O)NCc1cccc(C(OC(O)c2ccccc2)C(C)(C)N)c1. The van der Waals surface area contributed by atoms with Gasteiger partial charge in [-0.1, -0.05) is 54.6 Å². The molecule has 0 heterocycles. The summed E-state index contributed by atoms with van der Waals surface area (Å²) in [6.07, 6.45) is -2.14. The highest BCUT2D eigenvalue weighted by atomic mass is 16.6. The van der Waals surface area contributed by atoms with Crippen LogP contribution in [0.2, 0.25) is 0 Å². The third kappa shape index (κ3) is 7.49. The molecule has 0 saturated heterocycles. The van der Waals surface area contributed by atoms with Crippen molar-refractivity contribution < 1.29 is 19.4 Å². The Hall–Kier alpha value is -2.41. The Kier molecular flexibility index (Phi) is 7.41. The highest BCUT2D eigenvalue weighted by molar-refractivity contribution is 5.67. The molecule has 2 aromatic rings. The monoisotopic (exact) mass is 400 g/mol. The maximum atomic E-state index is 11.9. The summed E-state index contributed by atoms with van der Waals surface area (Å²) in [5.41, 5.74) is 7.41. The lowest BCUT2D eigenvalue weighted by molar-refractivity contribution is -0.158. The lowest BCUT2D eigenvalue weighted by Gasteiger charge is -2.33. The van der Waals surface area contributed by atoms with Crippen LogP contribution in [0.4, 0.5) is 4.79 Å². The van der Waals surface area contributed by atoms with E-state index in [1.165, 1.54) is 0 Å². The van der Waals surface area contributed by atoms with Gasteiger partial charge in [0, 0.05) is 17.6 Å². The second-order valence-electron chi connectivity index (χ2n) is 8.70. The Morgan fingerprint density at radius 3 is 2.24 bits per heavy atom. The number of aliphatic hydroxyl groups is 1. The predicted molar refractivity (Wildman–Crippen MR) is 113 cm³/mol. The molecule has 1 amide bonds. The fourth-order valence-electron chi connectivity index (χ4n) is 2.86. The molecule has 0 aliphatic heterocycles. The molecule has 0 spiro atoms. The fourth-order valence-corrected chi connectivity index (χ4v) is 2.86. The van der Waals surface area contributed by atoms with E-state index in [1.807, 2.05) is 77.1 Å². The van der Waals surface area contributed by atoms with Gasteiger partial charge in [0.1, 0.15) is 11.7 Å². The molecule has 4 N–H and O–H groups in total. The molecule has 2 atom stereocenters. The highest BCUT2D eigenvalue weighted by Crippen LogP contribution is 2.32. The summed E-state index contributed by atoms with van der Waals surface area (Å²) >= 11 is 0. The van der Waals surface area contributed by atoms with Crippen molar-refractivity contribution in [3.8, 4) is 0 Å². The molecule has 0 fully saturated rings. The molecule has 2 rings (SSSR count). The number of aliphatic hydroxyl groups excluding tert-OH is 1. The third-order valence-corrected chi connectivity index (χ3v) is 4.11. The van der Waals surface area contributed by atoms with Crippen LogP contribution in [0.25, 0.3) is 0 Å². The van der Waals surface area contributed by atoms with Crippen LogP contribution in [0.15, 0.2) is 54.6 Å². The van der Waals surface area contributed by atoms with Crippen LogP contribution in [0.1, 0.15) is 63.7 Å². The minimum Gasteiger partial charge on any atom is -0.444 e. The maximum absolute atomic E-state index is 11.9. The zero-order valence-corrected chi connectivity index (χ0v) is 17.8. The first-order chi connectivity index (χ1) is 13.5. The van der Waals surface area contributed by atoms with Gasteiger partial charge in [-0.25, -0.2) is 4.79 Å². The number of carbonyl (C=O) groups excluding carboxylic acids is 1. The minimum absolute atomic E-state index is 0.307. The molecule has 2 unspecified atom stereocenters. The quantitative estimate of drug-likeness (QED) is 0.606. The average molecular weight is 401 g/mol. The second kappa shape index (κ2) is 9.39. The van der Waals surface area contributed by atoms with Crippen LogP contribution < -0.4 is 11.1 Å². The average Bonchev–Trinajstić information content (AvgIpc) is 2.63. The molecule has 0 radical (unpaired) electrons. The molecule has 0 bridgehead atoms. The number of nitrogens with two attached hydrogens (primary N) is 1. The third-order valence-electron chi connectivity index (χ3n) is 4.11. The van der Waals surface area contributed by atoms with Crippen LogP contribution in [-0.4, -0.2) is 22.3 Å². The van der Waals surface area contributed by atoms with Crippen molar-refractivity contribution in [1.29, 1.82) is 0 Å². The number of hydrogen-bond donors (Lipinski definition) is 3. The van der Waals surface area contributed by atoms with Crippen molar-refractivity contribution in [3.05, 3.63) is 71.3 Å². The molecule has 6 nitrogen and oxygen atoms in total. The van der Waals surface area contributed by atoms with Crippen molar-refractivity contribution in [2.75, 3.05) is 0 Å². The zero-order valence-electron chi connectivity index (χ0n) is 17.8. The Balaban J connectivity index is 2.14. The maximum Gasteiger partial charge on any atom is 0.407 e. The second-order valence-corrected chi connectivity index (χ2v) is 8.70. The van der Waals surface area contributed by atoms with E-state index in [0.717, 1.165) is 11.1 Å². The van der Waals surface area contributed by atoms with E-state index >= 15 is 0 Å². The smallest absolute Gasteiger partial charge is 0.407 e. The van der Waals surface area contributed by atoms with E-state index in [2.05, 4.69) is 5.32 Å². The summed E-state index contributed by atoms with van der Waals surface area (Å²) in [7, 11) is 0. The normalized spacial score (nSPS) is 14.2. The molecular weight excluding hydrogens is 368 g/mol. The van der Waals surface area contributed by atoms with E-state index in [4.69, 9.17) is 15.2 Å². The van der Waals surface area contributed by atoms with Crippen LogP contribution in [0.3, 0.4) is 0 Å². The summed E-state index contributed by atoms with van der Waals surface area (Å²) < 4.78 is 11.2. The van der Waals surface area contributed by atoms with Crippen LogP contribution in [0.5, 0.6) is 0 Å². The van der Waals surface area contributed by atoms with Crippen molar-refractivity contribution in [1.82, 2.24) is 5.32 Å². The van der Waals surface area contributed by atoms with Gasteiger partial charge in [0.15, 0.2) is 6.29 Å². The van der Waals surface area contributed by atoms with E-state index in [-0.39, 0.29) is 0 Å². The molecule has 0 saturated carbocycles. The van der Waals surface area contributed by atoms with Crippen LogP contribution in [-0.2, 0) is 16.0 Å². The van der Waals surface area contributed by atoms with E-state index in [9.17, 15) is 9.90 Å². The first-order valence-corrected chi connectivity index (χ1v) is 9.69. The predicted octanol–water partition coefficient (Wildman–Crippen LogP) is 4.20. The summed E-state index contributed by atoms with van der Waals surface area (Å²) in [4.78, 5) is 11.9.